The lowest BCUT2D eigenvalue weighted by atomic mass is 9.94. The van der Waals surface area contributed by atoms with Crippen LogP contribution in [0, 0.1) is 0 Å². The number of dihydropyridines is 1. The molecule has 0 saturated heterocycles. The van der Waals surface area contributed by atoms with Crippen LogP contribution in [-0.4, -0.2) is 6.54 Å². The van der Waals surface area contributed by atoms with E-state index in [1.54, 1.807) is 0 Å². The molecule has 1 N–H and O–H groups in total. The van der Waals surface area contributed by atoms with Gasteiger partial charge in [-0.2, -0.15) is 0 Å². The molecule has 8 rings (SSSR count). The molecule has 0 spiro atoms. The molecule has 1 heterocycles. The first-order valence-corrected chi connectivity index (χ1v) is 14.2. The van der Waals surface area contributed by atoms with Crippen molar-refractivity contribution in [3.8, 4) is 44.5 Å². The molecule has 6 aromatic rings. The van der Waals surface area contributed by atoms with Crippen LogP contribution in [0.1, 0.15) is 0 Å². The van der Waals surface area contributed by atoms with E-state index in [0.29, 0.717) is 0 Å². The van der Waals surface area contributed by atoms with Gasteiger partial charge in [0, 0.05) is 17.1 Å². The Balaban J connectivity index is 1.19. The number of hydrogen-bond donors (Lipinski definition) is 1. The number of nitrogens with zero attached hydrogens (tertiary/aromatic N) is 1. The van der Waals surface area contributed by atoms with Crippen molar-refractivity contribution >= 4 is 22.1 Å². The number of rotatable bonds is 5. The molecule has 0 bridgehead atoms. The van der Waals surface area contributed by atoms with Gasteiger partial charge in [-0.25, -0.2) is 0 Å². The highest BCUT2D eigenvalue weighted by atomic mass is 15.2. The third-order valence-electron chi connectivity index (χ3n) is 8.29. The third kappa shape index (κ3) is 3.96. The van der Waals surface area contributed by atoms with Crippen molar-refractivity contribution in [3.63, 3.8) is 0 Å². The average Bonchev–Trinajstić information content (AvgIpc) is 3.38. The van der Waals surface area contributed by atoms with Crippen molar-refractivity contribution in [3.05, 3.63) is 158 Å². The molecule has 0 amide bonds. The van der Waals surface area contributed by atoms with Crippen LogP contribution in [0.5, 0.6) is 0 Å². The van der Waals surface area contributed by atoms with E-state index in [-0.39, 0.29) is 0 Å². The monoisotopic (exact) mass is 524 g/mol. The first-order valence-electron chi connectivity index (χ1n) is 14.2. The number of allylic oxidation sites excluding steroid dienone is 2. The number of benzene rings is 6. The Morgan fingerprint density at radius 3 is 1.73 bits per heavy atom. The lowest BCUT2D eigenvalue weighted by Crippen LogP contribution is -2.26. The molecule has 2 nitrogen and oxygen atoms in total. The summed E-state index contributed by atoms with van der Waals surface area (Å²) in [5.41, 5.74) is 13.8. The van der Waals surface area contributed by atoms with E-state index in [4.69, 9.17) is 0 Å². The fourth-order valence-corrected chi connectivity index (χ4v) is 6.37. The molecule has 2 heteroatoms. The second kappa shape index (κ2) is 9.69. The minimum atomic E-state index is 0.772. The van der Waals surface area contributed by atoms with Gasteiger partial charge in [0.1, 0.15) is 0 Å². The summed E-state index contributed by atoms with van der Waals surface area (Å²) in [6.45, 7) is 0.772. The van der Waals surface area contributed by atoms with Crippen molar-refractivity contribution in [1.82, 2.24) is 5.32 Å². The van der Waals surface area contributed by atoms with Crippen molar-refractivity contribution in [2.24, 2.45) is 0 Å². The van der Waals surface area contributed by atoms with Gasteiger partial charge in [-0.05, 0) is 97.9 Å². The predicted octanol–water partition coefficient (Wildman–Crippen LogP) is 9.96. The molecule has 1 aliphatic heterocycles. The van der Waals surface area contributed by atoms with Crippen molar-refractivity contribution in [1.29, 1.82) is 0 Å². The lowest BCUT2D eigenvalue weighted by molar-refractivity contribution is 0.890. The van der Waals surface area contributed by atoms with Gasteiger partial charge in [-0.3, -0.25) is 0 Å². The molecule has 0 fully saturated rings. The molecule has 0 radical (unpaired) electrons. The van der Waals surface area contributed by atoms with Crippen molar-refractivity contribution in [2.75, 3.05) is 11.4 Å². The van der Waals surface area contributed by atoms with Crippen LogP contribution in [0.15, 0.2) is 158 Å². The maximum Gasteiger partial charge on any atom is 0.0551 e. The Morgan fingerprint density at radius 2 is 1.05 bits per heavy atom. The summed E-state index contributed by atoms with van der Waals surface area (Å²) in [7, 11) is 0. The second-order valence-electron chi connectivity index (χ2n) is 10.6. The summed E-state index contributed by atoms with van der Waals surface area (Å²) in [5.74, 6) is 0. The average molecular weight is 525 g/mol. The highest BCUT2D eigenvalue weighted by molar-refractivity contribution is 6.18. The zero-order chi connectivity index (χ0) is 27.2. The SMILES string of the molecule is C1=CNCC(N(c2ccc(-c3ccccc3)cc2)c2ccc(-c3ccc4c5c(cccc35)-c3ccccc3-4)cc2)=C1. The smallest absolute Gasteiger partial charge is 0.0551 e. The third-order valence-corrected chi connectivity index (χ3v) is 8.29. The fraction of sp³-hybridized carbons (Fsp3) is 0.0256. The standard InChI is InChI=1S/C39H28N2/c1-2-8-27(9-3-1)28-15-19-30(20-16-28)41(32-10-7-25-40-26-32)31-21-17-29(18-22-31)33-23-24-38-35-12-5-4-11-34(35)37-14-6-13-36(33)39(37)38/h1-25,40H,26H2. The van der Waals surface area contributed by atoms with Gasteiger partial charge in [-0.1, -0.05) is 109 Å². The maximum atomic E-state index is 3.38. The summed E-state index contributed by atoms with van der Waals surface area (Å²) in [6.07, 6.45) is 6.26. The van der Waals surface area contributed by atoms with E-state index >= 15 is 0 Å². The fourth-order valence-electron chi connectivity index (χ4n) is 6.37. The Kier molecular flexibility index (Phi) is 5.56. The minimum absolute atomic E-state index is 0.772. The molecular formula is C39H28N2. The number of hydrogen-bond acceptors (Lipinski definition) is 2. The minimum Gasteiger partial charge on any atom is -0.385 e. The van der Waals surface area contributed by atoms with Crippen LogP contribution in [-0.2, 0) is 0 Å². The Hall–Kier alpha value is -5.34. The van der Waals surface area contributed by atoms with Crippen LogP contribution >= 0.6 is 0 Å². The van der Waals surface area contributed by atoms with Crippen LogP contribution in [0.4, 0.5) is 11.4 Å². The Labute approximate surface area is 240 Å². The Morgan fingerprint density at radius 1 is 0.463 bits per heavy atom. The van der Waals surface area contributed by atoms with Crippen molar-refractivity contribution in [2.45, 2.75) is 0 Å². The van der Waals surface area contributed by atoms with Crippen molar-refractivity contribution < 1.29 is 0 Å². The molecule has 41 heavy (non-hydrogen) atoms. The molecule has 0 unspecified atom stereocenters. The van der Waals surface area contributed by atoms with E-state index < -0.39 is 0 Å². The molecular weight excluding hydrogens is 496 g/mol. The van der Waals surface area contributed by atoms with Gasteiger partial charge in [0.05, 0.1) is 6.54 Å². The van der Waals surface area contributed by atoms with Gasteiger partial charge in [0.25, 0.3) is 0 Å². The van der Waals surface area contributed by atoms with E-state index in [1.807, 2.05) is 6.20 Å². The Bertz CT molecular complexity index is 1930. The van der Waals surface area contributed by atoms with Crippen LogP contribution in [0.25, 0.3) is 55.3 Å². The van der Waals surface area contributed by atoms with Crippen LogP contribution in [0.3, 0.4) is 0 Å². The summed E-state index contributed by atoms with van der Waals surface area (Å²) >= 11 is 0. The zero-order valence-corrected chi connectivity index (χ0v) is 22.6. The van der Waals surface area contributed by atoms with Crippen LogP contribution in [0.2, 0.25) is 0 Å². The topological polar surface area (TPSA) is 15.3 Å². The molecule has 1 aliphatic carbocycles. The summed E-state index contributed by atoms with van der Waals surface area (Å²) in [6, 6.07) is 48.5. The predicted molar refractivity (Wildman–Crippen MR) is 173 cm³/mol. The highest BCUT2D eigenvalue weighted by Gasteiger charge is 2.22. The summed E-state index contributed by atoms with van der Waals surface area (Å²) < 4.78 is 0. The second-order valence-corrected chi connectivity index (χ2v) is 10.6. The van der Waals surface area contributed by atoms with Crippen LogP contribution < -0.4 is 10.2 Å². The molecule has 6 aromatic carbocycles. The van der Waals surface area contributed by atoms with Gasteiger partial charge in [0.2, 0.25) is 0 Å². The highest BCUT2D eigenvalue weighted by Crippen LogP contribution is 2.49. The zero-order valence-electron chi connectivity index (χ0n) is 22.6. The van der Waals surface area contributed by atoms with E-state index in [1.165, 1.54) is 61.0 Å². The molecule has 0 aromatic heterocycles. The molecule has 2 aliphatic rings. The molecule has 0 saturated carbocycles. The van der Waals surface area contributed by atoms with E-state index in [2.05, 4.69) is 156 Å². The van der Waals surface area contributed by atoms with E-state index in [0.717, 1.165) is 17.9 Å². The van der Waals surface area contributed by atoms with Gasteiger partial charge in [0.15, 0.2) is 0 Å². The number of nitrogens with one attached hydrogen (secondary N) is 1. The first kappa shape index (κ1) is 23.5. The van der Waals surface area contributed by atoms with Gasteiger partial charge >= 0.3 is 0 Å². The number of anilines is 2. The molecule has 194 valence electrons. The lowest BCUT2D eigenvalue weighted by Gasteiger charge is -2.29. The van der Waals surface area contributed by atoms with E-state index in [9.17, 15) is 0 Å². The first-order chi connectivity index (χ1) is 20.3. The van der Waals surface area contributed by atoms with Gasteiger partial charge in [-0.15, -0.1) is 0 Å². The number of fused-ring (bicyclic) bond motifs is 3. The maximum absolute atomic E-state index is 3.38. The summed E-state index contributed by atoms with van der Waals surface area (Å²) in [5, 5.41) is 6.05. The normalized spacial score (nSPS) is 13.0. The quantitative estimate of drug-likeness (QED) is 0.241. The van der Waals surface area contributed by atoms with Gasteiger partial charge < -0.3 is 10.2 Å². The molecule has 0 atom stereocenters. The summed E-state index contributed by atoms with van der Waals surface area (Å²) in [4.78, 5) is 2.35. The largest absolute Gasteiger partial charge is 0.385 e.